The second-order valence-corrected chi connectivity index (χ2v) is 3.75. The fourth-order valence-corrected chi connectivity index (χ4v) is 1.65. The molecule has 2 rings (SSSR count). The smallest absolute Gasteiger partial charge is 0.0537 e. The standard InChI is InChI=1S/C10H17N3/c1-3-10-8(7-12-13(10)2)6-11-9-4-5-9/h7,9,11H,3-6H2,1-2H3. The molecule has 0 saturated heterocycles. The molecule has 0 amide bonds. The van der Waals surface area contributed by atoms with Gasteiger partial charge in [-0.05, 0) is 19.3 Å². The molecule has 1 heterocycles. The van der Waals surface area contributed by atoms with Gasteiger partial charge in [0, 0.05) is 30.9 Å². The molecule has 1 saturated carbocycles. The van der Waals surface area contributed by atoms with E-state index in [9.17, 15) is 0 Å². The van der Waals surface area contributed by atoms with Gasteiger partial charge < -0.3 is 5.32 Å². The zero-order valence-electron chi connectivity index (χ0n) is 8.38. The van der Waals surface area contributed by atoms with Gasteiger partial charge in [-0.2, -0.15) is 5.10 Å². The summed E-state index contributed by atoms with van der Waals surface area (Å²) in [6, 6.07) is 0.782. The van der Waals surface area contributed by atoms with Crippen LogP contribution in [-0.2, 0) is 20.0 Å². The number of aromatic nitrogens is 2. The molecule has 3 heteroatoms. The highest BCUT2D eigenvalue weighted by Crippen LogP contribution is 2.19. The Morgan fingerprint density at radius 3 is 3.00 bits per heavy atom. The largest absolute Gasteiger partial charge is 0.310 e. The van der Waals surface area contributed by atoms with E-state index in [0.29, 0.717) is 0 Å². The van der Waals surface area contributed by atoms with Gasteiger partial charge in [0.05, 0.1) is 6.20 Å². The Morgan fingerprint density at radius 1 is 1.62 bits per heavy atom. The summed E-state index contributed by atoms with van der Waals surface area (Å²) < 4.78 is 1.98. The van der Waals surface area contributed by atoms with Gasteiger partial charge in [0.1, 0.15) is 0 Å². The van der Waals surface area contributed by atoms with Crippen molar-refractivity contribution < 1.29 is 0 Å². The molecule has 72 valence electrons. The van der Waals surface area contributed by atoms with E-state index in [1.54, 1.807) is 0 Å². The van der Waals surface area contributed by atoms with Gasteiger partial charge in [-0.15, -0.1) is 0 Å². The van der Waals surface area contributed by atoms with Crippen LogP contribution in [0.25, 0.3) is 0 Å². The summed E-state index contributed by atoms with van der Waals surface area (Å²) in [6.07, 6.45) is 5.75. The van der Waals surface area contributed by atoms with Gasteiger partial charge in [0.2, 0.25) is 0 Å². The summed E-state index contributed by atoms with van der Waals surface area (Å²) in [5.41, 5.74) is 2.71. The van der Waals surface area contributed by atoms with E-state index >= 15 is 0 Å². The Labute approximate surface area is 79.1 Å². The van der Waals surface area contributed by atoms with Crippen LogP contribution in [0, 0.1) is 0 Å². The van der Waals surface area contributed by atoms with E-state index in [4.69, 9.17) is 0 Å². The lowest BCUT2D eigenvalue weighted by Crippen LogP contribution is -2.16. The molecule has 1 aliphatic rings. The second kappa shape index (κ2) is 3.50. The van der Waals surface area contributed by atoms with Gasteiger partial charge in [-0.25, -0.2) is 0 Å². The molecule has 1 aromatic rings. The Balaban J connectivity index is 2.00. The highest BCUT2D eigenvalue weighted by atomic mass is 15.3. The zero-order valence-corrected chi connectivity index (χ0v) is 8.38. The van der Waals surface area contributed by atoms with Crippen molar-refractivity contribution in [2.75, 3.05) is 0 Å². The molecular formula is C10H17N3. The number of aryl methyl sites for hydroxylation is 1. The quantitative estimate of drug-likeness (QED) is 0.753. The number of hydrogen-bond acceptors (Lipinski definition) is 2. The van der Waals surface area contributed by atoms with Crippen molar-refractivity contribution in [3.05, 3.63) is 17.5 Å². The lowest BCUT2D eigenvalue weighted by Gasteiger charge is -2.03. The van der Waals surface area contributed by atoms with E-state index < -0.39 is 0 Å². The normalized spacial score (nSPS) is 16.5. The van der Waals surface area contributed by atoms with E-state index in [0.717, 1.165) is 19.0 Å². The first-order valence-corrected chi connectivity index (χ1v) is 5.04. The monoisotopic (exact) mass is 179 g/mol. The number of hydrogen-bond donors (Lipinski definition) is 1. The second-order valence-electron chi connectivity index (χ2n) is 3.75. The Bertz CT molecular complexity index is 286. The molecule has 1 aromatic heterocycles. The van der Waals surface area contributed by atoms with Crippen molar-refractivity contribution in [2.24, 2.45) is 7.05 Å². The maximum atomic E-state index is 4.26. The Kier molecular flexibility index (Phi) is 2.36. The molecule has 0 unspecified atom stereocenters. The predicted octanol–water partition coefficient (Wildman–Crippen LogP) is 1.23. The lowest BCUT2D eigenvalue weighted by atomic mass is 10.2. The highest BCUT2D eigenvalue weighted by Gasteiger charge is 2.20. The van der Waals surface area contributed by atoms with Crippen LogP contribution in [0.1, 0.15) is 31.0 Å². The van der Waals surface area contributed by atoms with Crippen LogP contribution in [0.5, 0.6) is 0 Å². The average molecular weight is 179 g/mol. The summed E-state index contributed by atoms with van der Waals surface area (Å²) >= 11 is 0. The van der Waals surface area contributed by atoms with Crippen LogP contribution >= 0.6 is 0 Å². The molecule has 0 aliphatic heterocycles. The molecule has 1 aliphatic carbocycles. The molecule has 0 radical (unpaired) electrons. The SMILES string of the molecule is CCc1c(CNC2CC2)cnn1C. The first-order chi connectivity index (χ1) is 6.31. The topological polar surface area (TPSA) is 29.9 Å². The highest BCUT2D eigenvalue weighted by molar-refractivity contribution is 5.17. The summed E-state index contributed by atoms with van der Waals surface area (Å²) in [4.78, 5) is 0. The maximum Gasteiger partial charge on any atom is 0.0537 e. The zero-order chi connectivity index (χ0) is 9.26. The summed E-state index contributed by atoms with van der Waals surface area (Å²) in [5, 5.41) is 7.77. The molecule has 13 heavy (non-hydrogen) atoms. The molecule has 0 bridgehead atoms. The molecule has 0 aromatic carbocycles. The minimum absolute atomic E-state index is 0.782. The molecular weight excluding hydrogens is 162 g/mol. The van der Waals surface area contributed by atoms with Crippen LogP contribution in [0.4, 0.5) is 0 Å². The van der Waals surface area contributed by atoms with Crippen LogP contribution in [-0.4, -0.2) is 15.8 Å². The molecule has 0 spiro atoms. The molecule has 3 nitrogen and oxygen atoms in total. The van der Waals surface area contributed by atoms with Gasteiger partial charge in [0.15, 0.2) is 0 Å². The van der Waals surface area contributed by atoms with Crippen molar-refractivity contribution >= 4 is 0 Å². The molecule has 0 atom stereocenters. The van der Waals surface area contributed by atoms with Crippen LogP contribution in [0.15, 0.2) is 6.20 Å². The molecule has 1 fully saturated rings. The van der Waals surface area contributed by atoms with Crippen molar-refractivity contribution in [1.29, 1.82) is 0 Å². The third-order valence-electron chi connectivity index (χ3n) is 2.64. The van der Waals surface area contributed by atoms with Crippen LogP contribution in [0.3, 0.4) is 0 Å². The third-order valence-corrected chi connectivity index (χ3v) is 2.64. The minimum atomic E-state index is 0.782. The lowest BCUT2D eigenvalue weighted by molar-refractivity contribution is 0.672. The predicted molar refractivity (Wildman–Crippen MR) is 52.4 cm³/mol. The van der Waals surface area contributed by atoms with Gasteiger partial charge in [-0.1, -0.05) is 6.92 Å². The van der Waals surface area contributed by atoms with Crippen LogP contribution < -0.4 is 5.32 Å². The van der Waals surface area contributed by atoms with Crippen molar-refractivity contribution in [2.45, 2.75) is 38.8 Å². The van der Waals surface area contributed by atoms with E-state index in [1.807, 2.05) is 17.9 Å². The first-order valence-electron chi connectivity index (χ1n) is 5.04. The van der Waals surface area contributed by atoms with Gasteiger partial charge in [0.25, 0.3) is 0 Å². The molecule has 1 N–H and O–H groups in total. The van der Waals surface area contributed by atoms with Crippen molar-refractivity contribution in [1.82, 2.24) is 15.1 Å². The fraction of sp³-hybridized carbons (Fsp3) is 0.700. The minimum Gasteiger partial charge on any atom is -0.310 e. The van der Waals surface area contributed by atoms with Crippen LogP contribution in [0.2, 0.25) is 0 Å². The average Bonchev–Trinajstić information content (AvgIpc) is 2.88. The first kappa shape index (κ1) is 8.75. The number of rotatable bonds is 4. The van der Waals surface area contributed by atoms with Crippen molar-refractivity contribution in [3.63, 3.8) is 0 Å². The van der Waals surface area contributed by atoms with Gasteiger partial charge >= 0.3 is 0 Å². The maximum absolute atomic E-state index is 4.26. The summed E-state index contributed by atoms with van der Waals surface area (Å²) in [6.45, 7) is 3.17. The third kappa shape index (κ3) is 1.91. The van der Waals surface area contributed by atoms with E-state index in [2.05, 4.69) is 17.3 Å². The summed E-state index contributed by atoms with van der Waals surface area (Å²) in [5.74, 6) is 0. The van der Waals surface area contributed by atoms with Crippen molar-refractivity contribution in [3.8, 4) is 0 Å². The fourth-order valence-electron chi connectivity index (χ4n) is 1.65. The number of nitrogens with zero attached hydrogens (tertiary/aromatic N) is 2. The van der Waals surface area contributed by atoms with Gasteiger partial charge in [-0.3, -0.25) is 4.68 Å². The van der Waals surface area contributed by atoms with E-state index in [-0.39, 0.29) is 0 Å². The Hall–Kier alpha value is -0.830. The van der Waals surface area contributed by atoms with E-state index in [1.165, 1.54) is 24.1 Å². The number of nitrogens with one attached hydrogen (secondary N) is 1. The summed E-state index contributed by atoms with van der Waals surface area (Å²) in [7, 11) is 2.01. The Morgan fingerprint density at radius 2 is 2.38 bits per heavy atom.